The van der Waals surface area contributed by atoms with Crippen LogP contribution in [0.25, 0.3) is 0 Å². The van der Waals surface area contributed by atoms with Gasteiger partial charge in [0.2, 0.25) is 0 Å². The van der Waals surface area contributed by atoms with E-state index in [9.17, 15) is 14.4 Å². The maximum absolute atomic E-state index is 13.2. The van der Waals surface area contributed by atoms with E-state index in [1.54, 1.807) is 19.2 Å². The Bertz CT molecular complexity index is 898. The van der Waals surface area contributed by atoms with Gasteiger partial charge in [-0.25, -0.2) is 9.69 Å². The lowest BCUT2D eigenvalue weighted by Crippen LogP contribution is -3.09. The molecule has 0 saturated carbocycles. The van der Waals surface area contributed by atoms with Gasteiger partial charge in [0.1, 0.15) is 12.1 Å². The Balaban J connectivity index is 1.70. The molecular weight excluding hydrogens is 368 g/mol. The fourth-order valence-corrected chi connectivity index (χ4v) is 3.72. The second kappa shape index (κ2) is 8.45. The summed E-state index contributed by atoms with van der Waals surface area (Å²) in [4.78, 5) is 39.7. The third-order valence-electron chi connectivity index (χ3n) is 5.35. The monoisotopic (exact) mass is 395 g/mol. The summed E-state index contributed by atoms with van der Waals surface area (Å²) in [5.74, 6) is -0.348. The molecule has 29 heavy (non-hydrogen) atoms. The molecule has 4 amide bonds. The molecular formula is C22H27N4O3+. The highest BCUT2D eigenvalue weighted by Gasteiger charge is 2.52. The summed E-state index contributed by atoms with van der Waals surface area (Å²) in [5.41, 5.74) is 1.41. The Morgan fingerprint density at radius 3 is 2.34 bits per heavy atom. The molecule has 0 bridgehead atoms. The van der Waals surface area contributed by atoms with Crippen molar-refractivity contribution in [2.24, 2.45) is 0 Å². The lowest BCUT2D eigenvalue weighted by atomic mass is 9.87. The van der Waals surface area contributed by atoms with Crippen molar-refractivity contribution in [1.29, 1.82) is 0 Å². The molecule has 0 aromatic heterocycles. The topological polar surface area (TPSA) is 82.9 Å². The van der Waals surface area contributed by atoms with Crippen LogP contribution in [0.3, 0.4) is 0 Å². The summed E-state index contributed by atoms with van der Waals surface area (Å²) < 4.78 is 0. The molecule has 1 fully saturated rings. The zero-order chi connectivity index (χ0) is 21.0. The maximum Gasteiger partial charge on any atom is 0.329 e. The average molecular weight is 395 g/mol. The average Bonchev–Trinajstić information content (AvgIpc) is 2.99. The van der Waals surface area contributed by atoms with E-state index < -0.39 is 5.54 Å². The molecule has 1 saturated heterocycles. The van der Waals surface area contributed by atoms with Crippen LogP contribution < -0.4 is 15.5 Å². The van der Waals surface area contributed by atoms with Gasteiger partial charge >= 0.3 is 6.03 Å². The number of imide groups is 1. The highest BCUT2D eigenvalue weighted by molar-refractivity contribution is 6.07. The molecule has 0 radical (unpaired) electrons. The van der Waals surface area contributed by atoms with Gasteiger partial charge in [0, 0.05) is 18.2 Å². The Labute approximate surface area is 170 Å². The maximum atomic E-state index is 13.2. The van der Waals surface area contributed by atoms with E-state index in [0.29, 0.717) is 18.5 Å². The van der Waals surface area contributed by atoms with Crippen LogP contribution in [0, 0.1) is 0 Å². The zero-order valence-corrected chi connectivity index (χ0v) is 17.0. The molecule has 1 aliphatic rings. The van der Waals surface area contributed by atoms with Gasteiger partial charge in [0.05, 0.1) is 7.05 Å². The SMILES string of the molecule is CC[C@]1(c2ccccc2)NC(=O)N(C[NH+](C)Cc2ccc(C(=O)NC)cc2)C1=O. The Kier molecular flexibility index (Phi) is 5.98. The van der Waals surface area contributed by atoms with E-state index in [2.05, 4.69) is 10.6 Å². The summed E-state index contributed by atoms with van der Waals surface area (Å²) >= 11 is 0. The van der Waals surface area contributed by atoms with Crippen LogP contribution in [0.4, 0.5) is 4.79 Å². The minimum Gasteiger partial charge on any atom is -0.355 e. The van der Waals surface area contributed by atoms with Crippen LogP contribution in [-0.4, -0.2) is 43.5 Å². The first-order chi connectivity index (χ1) is 13.9. The number of benzene rings is 2. The van der Waals surface area contributed by atoms with E-state index in [-0.39, 0.29) is 24.5 Å². The number of amides is 4. The summed E-state index contributed by atoms with van der Waals surface area (Å²) in [6.07, 6.45) is 0.484. The van der Waals surface area contributed by atoms with Gasteiger partial charge in [0.25, 0.3) is 11.8 Å². The van der Waals surface area contributed by atoms with Crippen molar-refractivity contribution >= 4 is 17.8 Å². The number of hydrogen-bond donors (Lipinski definition) is 3. The standard InChI is InChI=1S/C22H26N4O3/c1-4-22(18-8-6-5-7-9-18)20(28)26(21(29)24-22)15-25(3)14-16-10-12-17(13-11-16)19(27)23-2/h5-13H,4,14-15H2,1-3H3,(H,23,27)(H,24,29)/p+1/t22-/m1/s1. The van der Waals surface area contributed by atoms with E-state index in [1.165, 1.54) is 4.90 Å². The van der Waals surface area contributed by atoms with Crippen molar-refractivity contribution < 1.29 is 19.3 Å². The molecule has 3 N–H and O–H groups in total. The molecule has 1 aliphatic heterocycles. The van der Waals surface area contributed by atoms with Crippen molar-refractivity contribution in [2.45, 2.75) is 25.4 Å². The lowest BCUT2D eigenvalue weighted by Gasteiger charge is -2.26. The molecule has 0 spiro atoms. The third kappa shape index (κ3) is 4.00. The predicted octanol–water partition coefficient (Wildman–Crippen LogP) is 0.876. The van der Waals surface area contributed by atoms with Crippen molar-refractivity contribution in [3.63, 3.8) is 0 Å². The van der Waals surface area contributed by atoms with Gasteiger partial charge < -0.3 is 15.5 Å². The first-order valence-electron chi connectivity index (χ1n) is 9.73. The van der Waals surface area contributed by atoms with E-state index >= 15 is 0 Å². The Hall–Kier alpha value is -3.19. The molecule has 1 unspecified atom stereocenters. The molecule has 7 heteroatoms. The molecule has 3 rings (SSSR count). The number of hydrogen-bond acceptors (Lipinski definition) is 3. The minimum absolute atomic E-state index is 0.131. The second-order valence-corrected chi connectivity index (χ2v) is 7.36. The number of carbonyl (C=O) groups is 3. The third-order valence-corrected chi connectivity index (χ3v) is 5.35. The molecule has 0 aliphatic carbocycles. The van der Waals surface area contributed by atoms with E-state index in [0.717, 1.165) is 16.0 Å². The first-order valence-corrected chi connectivity index (χ1v) is 9.73. The van der Waals surface area contributed by atoms with Crippen LogP contribution in [0.2, 0.25) is 0 Å². The van der Waals surface area contributed by atoms with Crippen LogP contribution in [0.15, 0.2) is 54.6 Å². The largest absolute Gasteiger partial charge is 0.355 e. The highest BCUT2D eigenvalue weighted by atomic mass is 16.2. The number of quaternary nitrogens is 1. The van der Waals surface area contributed by atoms with Gasteiger partial charge in [-0.1, -0.05) is 49.4 Å². The molecule has 1 heterocycles. The summed E-state index contributed by atoms with van der Waals surface area (Å²) in [6, 6.07) is 16.3. The molecule has 2 atom stereocenters. The fraction of sp³-hybridized carbons (Fsp3) is 0.318. The molecule has 2 aromatic rings. The summed E-state index contributed by atoms with van der Waals surface area (Å²) in [5, 5.41) is 5.50. The number of nitrogens with one attached hydrogen (secondary N) is 3. The van der Waals surface area contributed by atoms with E-state index in [4.69, 9.17) is 0 Å². The zero-order valence-electron chi connectivity index (χ0n) is 17.0. The fourth-order valence-electron chi connectivity index (χ4n) is 3.72. The van der Waals surface area contributed by atoms with Gasteiger partial charge in [-0.3, -0.25) is 9.59 Å². The normalized spacial score (nSPS) is 19.8. The number of carbonyl (C=O) groups excluding carboxylic acids is 3. The summed E-state index contributed by atoms with van der Waals surface area (Å²) in [6.45, 7) is 2.78. The van der Waals surface area contributed by atoms with E-state index in [1.807, 2.05) is 56.4 Å². The van der Waals surface area contributed by atoms with Crippen molar-refractivity contribution in [3.05, 3.63) is 71.3 Å². The van der Waals surface area contributed by atoms with Crippen LogP contribution >= 0.6 is 0 Å². The van der Waals surface area contributed by atoms with Crippen molar-refractivity contribution in [2.75, 3.05) is 20.8 Å². The lowest BCUT2D eigenvalue weighted by molar-refractivity contribution is -0.901. The van der Waals surface area contributed by atoms with Crippen molar-refractivity contribution in [3.8, 4) is 0 Å². The summed E-state index contributed by atoms with van der Waals surface area (Å²) in [7, 11) is 3.53. The smallest absolute Gasteiger partial charge is 0.329 e. The predicted molar refractivity (Wildman–Crippen MR) is 109 cm³/mol. The molecule has 7 nitrogen and oxygen atoms in total. The van der Waals surface area contributed by atoms with Gasteiger partial charge in [-0.05, 0) is 24.1 Å². The number of urea groups is 1. The van der Waals surface area contributed by atoms with Crippen LogP contribution in [0.1, 0.15) is 34.8 Å². The Morgan fingerprint density at radius 1 is 1.10 bits per heavy atom. The molecule has 2 aromatic carbocycles. The number of nitrogens with zero attached hydrogens (tertiary/aromatic N) is 1. The highest BCUT2D eigenvalue weighted by Crippen LogP contribution is 2.31. The van der Waals surface area contributed by atoms with Crippen LogP contribution in [-0.2, 0) is 16.9 Å². The van der Waals surface area contributed by atoms with Crippen molar-refractivity contribution in [1.82, 2.24) is 15.5 Å². The quantitative estimate of drug-likeness (QED) is 0.609. The molecule has 152 valence electrons. The Morgan fingerprint density at radius 2 is 1.76 bits per heavy atom. The first kappa shape index (κ1) is 20.5. The van der Waals surface area contributed by atoms with Gasteiger partial charge in [0.15, 0.2) is 6.67 Å². The second-order valence-electron chi connectivity index (χ2n) is 7.36. The van der Waals surface area contributed by atoms with Gasteiger partial charge in [-0.15, -0.1) is 0 Å². The number of rotatable bonds is 7. The van der Waals surface area contributed by atoms with Gasteiger partial charge in [-0.2, -0.15) is 0 Å². The minimum atomic E-state index is -1.01. The van der Waals surface area contributed by atoms with Crippen LogP contribution in [0.5, 0.6) is 0 Å².